The molecule has 2 aliphatic rings. The number of rotatable bonds is 22. The van der Waals surface area contributed by atoms with Crippen molar-refractivity contribution < 1.29 is 65.7 Å². The Hall–Kier alpha value is -7.01. The predicted molar refractivity (Wildman–Crippen MR) is 232 cm³/mol. The summed E-state index contributed by atoms with van der Waals surface area (Å²) in [6.45, 7) is 3.03. The van der Waals surface area contributed by atoms with Crippen LogP contribution >= 0.6 is 0 Å². The van der Waals surface area contributed by atoms with Crippen LogP contribution in [0, 0.1) is 5.92 Å². The number of hydrogen-bond acceptors (Lipinski definition) is 13. The maximum absolute atomic E-state index is 13.8. The summed E-state index contributed by atoms with van der Waals surface area (Å²) in [7, 11) is 1.08. The number of methoxy groups -OCH3 is 1. The van der Waals surface area contributed by atoms with Crippen LogP contribution in [0.3, 0.4) is 0 Å². The summed E-state index contributed by atoms with van der Waals surface area (Å²) in [5.41, 5.74) is -0.772. The Morgan fingerprint density at radius 2 is 1.49 bits per heavy atom. The van der Waals surface area contributed by atoms with Crippen molar-refractivity contribution in [1.29, 1.82) is 0 Å². The van der Waals surface area contributed by atoms with Crippen LogP contribution < -0.4 is 31.7 Å². The first kappa shape index (κ1) is 51.0. The van der Waals surface area contributed by atoms with Crippen LogP contribution in [0.15, 0.2) is 59.4 Å². The van der Waals surface area contributed by atoms with Crippen molar-refractivity contribution in [3.63, 3.8) is 0 Å². The van der Waals surface area contributed by atoms with Gasteiger partial charge < -0.3 is 35.1 Å². The third-order valence-electron chi connectivity index (χ3n) is 10.7. The number of nitrogens with zero attached hydrogens (tertiary/aromatic N) is 3. The first-order chi connectivity index (χ1) is 31.8. The molecule has 360 valence electrons. The van der Waals surface area contributed by atoms with E-state index < -0.39 is 77.4 Å². The summed E-state index contributed by atoms with van der Waals surface area (Å²) in [6, 6.07) is 7.18. The number of benzene rings is 2. The lowest BCUT2D eigenvalue weighted by Gasteiger charge is -2.29. The van der Waals surface area contributed by atoms with Gasteiger partial charge >= 0.3 is 18.1 Å². The van der Waals surface area contributed by atoms with E-state index in [0.717, 1.165) is 61.3 Å². The zero-order chi connectivity index (χ0) is 48.9. The number of imide groups is 1. The number of halogens is 3. The second kappa shape index (κ2) is 22.9. The molecule has 0 saturated heterocycles. The molecule has 5 rings (SSSR count). The number of esters is 1. The largest absolute Gasteiger partial charge is 0.471 e. The molecular formula is C44H51F3N8O12. The van der Waals surface area contributed by atoms with Gasteiger partial charge in [-0.3, -0.25) is 53.6 Å². The zero-order valence-corrected chi connectivity index (χ0v) is 36.9. The topological polar surface area (TPSA) is 265 Å². The molecule has 1 fully saturated rings. The average Bonchev–Trinajstić information content (AvgIpc) is 3.90. The number of aromatic amines is 1. The van der Waals surface area contributed by atoms with Gasteiger partial charge in [0, 0.05) is 74.6 Å². The molecule has 1 aromatic heterocycles. The van der Waals surface area contributed by atoms with E-state index in [4.69, 9.17) is 14.2 Å². The van der Waals surface area contributed by atoms with Crippen molar-refractivity contribution in [2.24, 2.45) is 5.92 Å². The Kier molecular flexibility index (Phi) is 17.5. The lowest BCUT2D eigenvalue weighted by molar-refractivity contribution is -0.230. The number of amides is 7. The van der Waals surface area contributed by atoms with E-state index >= 15 is 0 Å². The highest BCUT2D eigenvalue weighted by molar-refractivity contribution is 6.13. The SMILES string of the molecule is COC(=O)[C@H](CCC(=O)NCCOC1(OCCNC(=O)CCN2C(=O)C=CC2=O)CCCC1)NC(=O)c1ccc(N(Cc2ccc3nc(NC(=O)C(C)C)[nH]c(=O)c3c2)C(=O)C(F)(F)F)cc1. The third kappa shape index (κ3) is 14.2. The summed E-state index contributed by atoms with van der Waals surface area (Å²) in [4.78, 5) is 120. The van der Waals surface area contributed by atoms with E-state index in [0.29, 0.717) is 17.7 Å². The fourth-order valence-electron chi connectivity index (χ4n) is 7.06. The van der Waals surface area contributed by atoms with E-state index in [2.05, 4.69) is 31.2 Å². The van der Waals surface area contributed by atoms with Crippen molar-refractivity contribution in [3.05, 3.63) is 76.1 Å². The fraction of sp³-hybridized carbons (Fsp3) is 0.455. The Labute approximate surface area is 381 Å². The normalized spacial score (nSPS) is 14.8. The lowest BCUT2D eigenvalue weighted by Crippen LogP contribution is -2.43. The summed E-state index contributed by atoms with van der Waals surface area (Å²) in [6.07, 6.45) is -0.637. The Balaban J connectivity index is 1.10. The number of carbonyl (C=O) groups is 8. The van der Waals surface area contributed by atoms with Crippen molar-refractivity contribution in [2.75, 3.05) is 50.2 Å². The van der Waals surface area contributed by atoms with Crippen LogP contribution in [-0.2, 0) is 54.3 Å². The molecule has 2 heterocycles. The number of aromatic nitrogens is 2. The highest BCUT2D eigenvalue weighted by atomic mass is 19.4. The minimum Gasteiger partial charge on any atom is -0.467 e. The summed E-state index contributed by atoms with van der Waals surface area (Å²) >= 11 is 0. The van der Waals surface area contributed by atoms with Gasteiger partial charge in [-0.05, 0) is 61.2 Å². The minimum absolute atomic E-state index is 0.0136. The average molecular weight is 941 g/mol. The van der Waals surface area contributed by atoms with Crippen LogP contribution in [-0.4, -0.2) is 120 Å². The molecule has 2 aromatic carbocycles. The molecule has 1 aliphatic heterocycles. The smallest absolute Gasteiger partial charge is 0.467 e. The van der Waals surface area contributed by atoms with Crippen LogP contribution in [0.1, 0.15) is 74.7 Å². The fourth-order valence-corrected chi connectivity index (χ4v) is 7.06. The monoisotopic (exact) mass is 940 g/mol. The molecule has 3 aromatic rings. The number of nitrogens with one attached hydrogen (secondary N) is 5. The molecule has 1 saturated carbocycles. The van der Waals surface area contributed by atoms with Crippen molar-refractivity contribution in [1.82, 2.24) is 30.8 Å². The van der Waals surface area contributed by atoms with E-state index in [1.165, 1.54) is 18.2 Å². The number of hydrogen-bond donors (Lipinski definition) is 5. The van der Waals surface area contributed by atoms with Crippen LogP contribution in [0.2, 0.25) is 0 Å². The van der Waals surface area contributed by atoms with Gasteiger partial charge in [0.1, 0.15) is 6.04 Å². The molecule has 67 heavy (non-hydrogen) atoms. The number of fused-ring (bicyclic) bond motifs is 1. The second-order valence-electron chi connectivity index (χ2n) is 15.9. The van der Waals surface area contributed by atoms with E-state index in [1.807, 2.05) is 0 Å². The number of H-pyrrole nitrogens is 1. The lowest BCUT2D eigenvalue weighted by atomic mass is 10.1. The highest BCUT2D eigenvalue weighted by Gasteiger charge is 2.43. The molecule has 0 bridgehead atoms. The Bertz CT molecular complexity index is 2420. The van der Waals surface area contributed by atoms with Gasteiger partial charge in [0.25, 0.3) is 23.3 Å². The standard InChI is InChI=1S/C44H51F3N8O12/c1-26(2)37(60)52-42-51-31-11-6-27(24-30(31)39(62)53-42)25-55(41(64)44(45,46)47)29-9-7-28(8-10-29)38(61)50-32(40(63)65-3)12-13-33(56)48-19-22-66-43(17-4-5-18-43)67-23-20-49-34(57)16-21-54-35(58)14-15-36(54)59/h6-11,14-15,24,26,32H,4-5,12-13,16-23,25H2,1-3H3,(H,48,56)(H,49,57)(H,50,61)(H2,51,52,53,60,62)/t32-/m0/s1. The molecule has 7 amide bonds. The van der Waals surface area contributed by atoms with Crippen molar-refractivity contribution >= 4 is 69.9 Å². The van der Waals surface area contributed by atoms with Crippen LogP contribution in [0.5, 0.6) is 0 Å². The molecule has 23 heteroatoms. The highest BCUT2D eigenvalue weighted by Crippen LogP contribution is 2.34. The molecular weight excluding hydrogens is 890 g/mol. The number of carbonyl (C=O) groups excluding carboxylic acids is 8. The minimum atomic E-state index is -5.31. The van der Waals surface area contributed by atoms with Gasteiger partial charge in [0.2, 0.25) is 23.7 Å². The zero-order valence-electron chi connectivity index (χ0n) is 36.9. The number of alkyl halides is 3. The summed E-state index contributed by atoms with van der Waals surface area (Å²) in [5, 5.41) is 10.3. The van der Waals surface area contributed by atoms with Gasteiger partial charge in [0.15, 0.2) is 5.79 Å². The molecule has 0 spiro atoms. The molecule has 0 radical (unpaired) electrons. The quantitative estimate of drug-likeness (QED) is 0.0420. The first-order valence-corrected chi connectivity index (χ1v) is 21.4. The Morgan fingerprint density at radius 3 is 2.07 bits per heavy atom. The predicted octanol–water partition coefficient (Wildman–Crippen LogP) is 2.52. The van der Waals surface area contributed by atoms with Gasteiger partial charge in [-0.2, -0.15) is 13.2 Å². The van der Waals surface area contributed by atoms with Gasteiger partial charge in [-0.1, -0.05) is 19.9 Å². The second-order valence-corrected chi connectivity index (χ2v) is 15.9. The first-order valence-electron chi connectivity index (χ1n) is 21.4. The van der Waals surface area contributed by atoms with Gasteiger partial charge in [-0.25, -0.2) is 9.78 Å². The van der Waals surface area contributed by atoms with Gasteiger partial charge in [-0.15, -0.1) is 0 Å². The molecule has 1 atom stereocenters. The van der Waals surface area contributed by atoms with Gasteiger partial charge in [0.05, 0.1) is 37.8 Å². The van der Waals surface area contributed by atoms with E-state index in [9.17, 15) is 56.3 Å². The van der Waals surface area contributed by atoms with Crippen LogP contribution in [0.4, 0.5) is 24.8 Å². The summed E-state index contributed by atoms with van der Waals surface area (Å²) in [5.74, 6) is -7.55. The van der Waals surface area contributed by atoms with Crippen LogP contribution in [0.25, 0.3) is 10.9 Å². The third-order valence-corrected chi connectivity index (χ3v) is 10.7. The van der Waals surface area contributed by atoms with Crippen molar-refractivity contribution in [3.8, 4) is 0 Å². The van der Waals surface area contributed by atoms with E-state index in [1.54, 1.807) is 13.8 Å². The number of anilines is 2. The molecule has 20 nitrogen and oxygen atoms in total. The summed E-state index contributed by atoms with van der Waals surface area (Å²) < 4.78 is 58.3. The number of ether oxygens (including phenoxy) is 3. The maximum atomic E-state index is 13.8. The van der Waals surface area contributed by atoms with Crippen molar-refractivity contribution in [2.45, 2.75) is 83.3 Å². The molecule has 0 unspecified atom stereocenters. The maximum Gasteiger partial charge on any atom is 0.471 e. The molecule has 5 N–H and O–H groups in total. The van der Waals surface area contributed by atoms with E-state index in [-0.39, 0.29) is 91.7 Å². The molecule has 1 aliphatic carbocycles. The Morgan fingerprint density at radius 1 is 0.881 bits per heavy atom.